The lowest BCUT2D eigenvalue weighted by Crippen LogP contribution is -2.27. The summed E-state index contributed by atoms with van der Waals surface area (Å²) in [6, 6.07) is 0. The highest BCUT2D eigenvalue weighted by atomic mass is 16.6. The molecule has 206 valence electrons. The van der Waals surface area contributed by atoms with Gasteiger partial charge in [-0.25, -0.2) is 0 Å². The molecule has 10 nitrogen and oxygen atoms in total. The second-order valence-electron chi connectivity index (χ2n) is 9.76. The molecule has 0 aromatic carbocycles. The van der Waals surface area contributed by atoms with Gasteiger partial charge in [0.05, 0.1) is 36.2 Å². The van der Waals surface area contributed by atoms with Gasteiger partial charge >= 0.3 is 29.8 Å². The summed E-state index contributed by atoms with van der Waals surface area (Å²) in [5.74, 6) is -2.86. The molecule has 0 rings (SSSR count). The molecule has 0 aliphatic carbocycles. The number of methoxy groups -OCH3 is 1. The first kappa shape index (κ1) is 36.9. The van der Waals surface area contributed by atoms with Gasteiger partial charge in [-0.3, -0.25) is 24.0 Å². The van der Waals surface area contributed by atoms with Gasteiger partial charge in [-0.2, -0.15) is 0 Å². The van der Waals surface area contributed by atoms with E-state index in [0.29, 0.717) is 12.8 Å². The molecule has 0 aromatic rings. The van der Waals surface area contributed by atoms with Crippen molar-refractivity contribution in [3.63, 3.8) is 0 Å². The predicted molar refractivity (Wildman–Crippen MR) is 131 cm³/mol. The standard InChI is InChI=1S/C12H20O6.C7H14O2.C6H12O2/c1-4-12(2,3)11(16)18-8-7-17-10(15)6-5-9(13)14;1-5-7(2,3)6(8)9-4;1-4-6(2,3)5(7)8/h4-8H2,1-3H3,(H,13,14);5H2,1-4H3;4H2,1-3H3,(H,7,8). The van der Waals surface area contributed by atoms with Crippen LogP contribution in [0.5, 0.6) is 0 Å². The number of carbonyl (C=O) groups is 5. The highest BCUT2D eigenvalue weighted by Crippen LogP contribution is 2.21. The number of hydrogen-bond donors (Lipinski definition) is 2. The predicted octanol–water partition coefficient (Wildman–Crippen LogP) is 4.48. The van der Waals surface area contributed by atoms with Crippen molar-refractivity contribution in [1.29, 1.82) is 0 Å². The maximum Gasteiger partial charge on any atom is 0.311 e. The lowest BCUT2D eigenvalue weighted by atomic mass is 9.91. The van der Waals surface area contributed by atoms with E-state index in [0.717, 1.165) is 6.42 Å². The average Bonchev–Trinajstić information content (AvgIpc) is 2.80. The minimum Gasteiger partial charge on any atom is -0.481 e. The van der Waals surface area contributed by atoms with Crippen LogP contribution in [0.25, 0.3) is 0 Å². The molecule has 0 atom stereocenters. The first-order valence-corrected chi connectivity index (χ1v) is 11.7. The molecule has 0 fully saturated rings. The van der Waals surface area contributed by atoms with Gasteiger partial charge < -0.3 is 24.4 Å². The lowest BCUT2D eigenvalue weighted by Gasteiger charge is -2.20. The van der Waals surface area contributed by atoms with Crippen molar-refractivity contribution in [3.05, 3.63) is 0 Å². The Morgan fingerprint density at radius 1 is 0.629 bits per heavy atom. The van der Waals surface area contributed by atoms with Crippen LogP contribution < -0.4 is 0 Å². The fourth-order valence-electron chi connectivity index (χ4n) is 1.48. The van der Waals surface area contributed by atoms with Gasteiger partial charge in [0, 0.05) is 0 Å². The van der Waals surface area contributed by atoms with Gasteiger partial charge in [0.15, 0.2) is 0 Å². The van der Waals surface area contributed by atoms with E-state index in [1.807, 2.05) is 34.6 Å². The zero-order valence-corrected chi connectivity index (χ0v) is 23.1. The van der Waals surface area contributed by atoms with Crippen molar-refractivity contribution >= 4 is 29.8 Å². The Hall–Kier alpha value is -2.65. The smallest absolute Gasteiger partial charge is 0.311 e. The number of rotatable bonds is 12. The third-order valence-corrected chi connectivity index (χ3v) is 5.64. The number of aliphatic carboxylic acids is 2. The van der Waals surface area contributed by atoms with Crippen molar-refractivity contribution in [2.75, 3.05) is 20.3 Å². The fourth-order valence-corrected chi connectivity index (χ4v) is 1.48. The molecular formula is C25H46O10. The molecule has 0 amide bonds. The van der Waals surface area contributed by atoms with Crippen molar-refractivity contribution in [2.45, 2.75) is 94.4 Å². The molecule has 0 bridgehead atoms. The maximum absolute atomic E-state index is 11.5. The Labute approximate surface area is 209 Å². The van der Waals surface area contributed by atoms with E-state index >= 15 is 0 Å². The van der Waals surface area contributed by atoms with Crippen molar-refractivity contribution in [1.82, 2.24) is 0 Å². The summed E-state index contributed by atoms with van der Waals surface area (Å²) in [6.45, 7) is 16.4. The quantitative estimate of drug-likeness (QED) is 0.220. The fraction of sp³-hybridized carbons (Fsp3) is 0.800. The van der Waals surface area contributed by atoms with Crippen LogP contribution in [0, 0.1) is 16.2 Å². The number of ether oxygens (including phenoxy) is 3. The lowest BCUT2D eigenvalue weighted by molar-refractivity contribution is -0.159. The Morgan fingerprint density at radius 3 is 1.31 bits per heavy atom. The van der Waals surface area contributed by atoms with E-state index in [-0.39, 0.29) is 43.4 Å². The highest BCUT2D eigenvalue weighted by molar-refractivity contribution is 5.77. The third kappa shape index (κ3) is 18.4. The van der Waals surface area contributed by atoms with Crippen LogP contribution in [0.4, 0.5) is 0 Å². The van der Waals surface area contributed by atoms with Gasteiger partial charge in [-0.1, -0.05) is 20.8 Å². The molecule has 0 saturated carbocycles. The molecule has 0 aliphatic heterocycles. The summed E-state index contributed by atoms with van der Waals surface area (Å²) in [7, 11) is 1.42. The second kappa shape index (κ2) is 17.7. The molecule has 0 heterocycles. The SMILES string of the molecule is CCC(C)(C)C(=O)O.CCC(C)(C)C(=O)OC.CCC(C)(C)C(=O)OCCOC(=O)CCC(=O)O. The topological polar surface area (TPSA) is 153 Å². The minimum atomic E-state index is -1.05. The Kier molecular flexibility index (Phi) is 18.7. The molecule has 0 aromatic heterocycles. The molecule has 10 heteroatoms. The van der Waals surface area contributed by atoms with Gasteiger partial charge in [0.2, 0.25) is 0 Å². The summed E-state index contributed by atoms with van der Waals surface area (Å²) in [6.07, 6.45) is 1.72. The van der Waals surface area contributed by atoms with E-state index in [9.17, 15) is 24.0 Å². The van der Waals surface area contributed by atoms with Crippen LogP contribution in [0.2, 0.25) is 0 Å². The summed E-state index contributed by atoms with van der Waals surface area (Å²) >= 11 is 0. The van der Waals surface area contributed by atoms with Gasteiger partial charge in [-0.15, -0.1) is 0 Å². The monoisotopic (exact) mass is 506 g/mol. The van der Waals surface area contributed by atoms with Crippen molar-refractivity contribution in [3.8, 4) is 0 Å². The first-order valence-electron chi connectivity index (χ1n) is 11.7. The van der Waals surface area contributed by atoms with E-state index in [2.05, 4.69) is 4.74 Å². The molecule has 0 saturated heterocycles. The van der Waals surface area contributed by atoms with E-state index in [1.165, 1.54) is 7.11 Å². The molecule has 0 radical (unpaired) electrons. The molecule has 0 unspecified atom stereocenters. The van der Waals surface area contributed by atoms with Crippen LogP contribution in [-0.2, 0) is 38.2 Å². The maximum atomic E-state index is 11.5. The van der Waals surface area contributed by atoms with Gasteiger partial charge in [0.1, 0.15) is 13.2 Å². The third-order valence-electron chi connectivity index (χ3n) is 5.64. The van der Waals surface area contributed by atoms with E-state index < -0.39 is 28.7 Å². The number of carboxylic acid groups (broad SMARTS) is 2. The molecule has 2 N–H and O–H groups in total. The number of esters is 3. The van der Waals surface area contributed by atoms with Crippen LogP contribution in [-0.4, -0.2) is 60.4 Å². The molecular weight excluding hydrogens is 460 g/mol. The molecule has 0 aliphatic rings. The number of hydrogen-bond acceptors (Lipinski definition) is 8. The normalized spacial score (nSPS) is 11.0. The highest BCUT2D eigenvalue weighted by Gasteiger charge is 2.27. The average molecular weight is 507 g/mol. The zero-order valence-electron chi connectivity index (χ0n) is 23.1. The zero-order chi connectivity index (χ0) is 28.5. The summed E-state index contributed by atoms with van der Waals surface area (Å²) in [5, 5.41) is 16.8. The second-order valence-corrected chi connectivity index (χ2v) is 9.76. The Balaban J connectivity index is -0.000000501. The summed E-state index contributed by atoms with van der Waals surface area (Å²) in [5.41, 5.74) is -1.40. The largest absolute Gasteiger partial charge is 0.481 e. The van der Waals surface area contributed by atoms with E-state index in [1.54, 1.807) is 27.7 Å². The van der Waals surface area contributed by atoms with Crippen molar-refractivity contribution < 1.29 is 48.4 Å². The van der Waals surface area contributed by atoms with Crippen LogP contribution >= 0.6 is 0 Å². The van der Waals surface area contributed by atoms with Crippen LogP contribution in [0.15, 0.2) is 0 Å². The van der Waals surface area contributed by atoms with Crippen molar-refractivity contribution in [2.24, 2.45) is 16.2 Å². The Bertz CT molecular complexity index is 678. The first-order chi connectivity index (χ1) is 15.8. The molecule has 35 heavy (non-hydrogen) atoms. The van der Waals surface area contributed by atoms with Crippen LogP contribution in [0.3, 0.4) is 0 Å². The van der Waals surface area contributed by atoms with E-state index in [4.69, 9.17) is 19.7 Å². The summed E-state index contributed by atoms with van der Waals surface area (Å²) in [4.78, 5) is 53.8. The number of carboxylic acids is 2. The number of carbonyl (C=O) groups excluding carboxylic acids is 3. The minimum absolute atomic E-state index is 0.0128. The van der Waals surface area contributed by atoms with Crippen LogP contribution in [0.1, 0.15) is 94.4 Å². The Morgan fingerprint density at radius 2 is 1.03 bits per heavy atom. The molecule has 0 spiro atoms. The van der Waals surface area contributed by atoms with Gasteiger partial charge in [0.25, 0.3) is 0 Å². The summed E-state index contributed by atoms with van der Waals surface area (Å²) < 4.78 is 14.2. The van der Waals surface area contributed by atoms with Gasteiger partial charge in [-0.05, 0) is 60.8 Å².